The van der Waals surface area contributed by atoms with Crippen LogP contribution in [-0.4, -0.2) is 28.4 Å². The Balaban J connectivity index is 2.27. The van der Waals surface area contributed by atoms with Gasteiger partial charge in [-0.1, -0.05) is 12.1 Å². The molecule has 0 aliphatic heterocycles. The van der Waals surface area contributed by atoms with Crippen molar-refractivity contribution < 1.29 is 29.3 Å². The maximum absolute atomic E-state index is 13.0. The van der Waals surface area contributed by atoms with Crippen molar-refractivity contribution in [2.45, 2.75) is 12.8 Å². The quantitative estimate of drug-likeness (QED) is 0.615. The van der Waals surface area contributed by atoms with Gasteiger partial charge in [-0.3, -0.25) is 9.59 Å². The largest absolute Gasteiger partial charge is 0.508 e. The summed E-state index contributed by atoms with van der Waals surface area (Å²) in [7, 11) is 1.26. The zero-order chi connectivity index (χ0) is 18.8. The van der Waals surface area contributed by atoms with Gasteiger partial charge in [0, 0.05) is 18.6 Å². The Hall–Kier alpha value is -3.48. The fraction of sp³-hybridized carbons (Fsp3) is 0.158. The van der Waals surface area contributed by atoms with E-state index in [1.165, 1.54) is 37.4 Å². The van der Waals surface area contributed by atoms with Gasteiger partial charge >= 0.3 is 5.97 Å². The summed E-state index contributed by atoms with van der Waals surface area (Å²) in [6.45, 7) is 0. The maximum Gasteiger partial charge on any atom is 0.305 e. The summed E-state index contributed by atoms with van der Waals surface area (Å²) in [5.74, 6) is -0.891. The number of hydrogen-bond acceptors (Lipinski definition) is 7. The normalized spacial score (nSPS) is 10.8. The first-order valence-corrected chi connectivity index (χ1v) is 7.78. The molecule has 0 radical (unpaired) electrons. The maximum atomic E-state index is 13.0. The van der Waals surface area contributed by atoms with Crippen molar-refractivity contribution in [2.75, 3.05) is 7.11 Å². The number of methoxy groups -OCH3 is 1. The molecule has 0 unspecified atom stereocenters. The van der Waals surface area contributed by atoms with Crippen LogP contribution in [0.15, 0.2) is 45.6 Å². The highest BCUT2D eigenvalue weighted by molar-refractivity contribution is 5.89. The molecule has 0 spiro atoms. The van der Waals surface area contributed by atoms with E-state index in [2.05, 4.69) is 4.74 Å². The highest BCUT2D eigenvalue weighted by Gasteiger charge is 2.20. The minimum absolute atomic E-state index is 0.00916. The molecule has 134 valence electrons. The Kier molecular flexibility index (Phi) is 4.53. The Bertz CT molecular complexity index is 1030. The summed E-state index contributed by atoms with van der Waals surface area (Å²) < 4.78 is 10.3. The number of carbonyl (C=O) groups is 1. The molecule has 3 N–H and O–H groups in total. The number of carbonyl (C=O) groups excluding carboxylic acids is 1. The lowest BCUT2D eigenvalue weighted by molar-refractivity contribution is -0.140. The van der Waals surface area contributed by atoms with Crippen LogP contribution in [0.4, 0.5) is 0 Å². The van der Waals surface area contributed by atoms with Gasteiger partial charge in [-0.2, -0.15) is 0 Å². The number of aromatic hydroxyl groups is 3. The minimum Gasteiger partial charge on any atom is -0.508 e. The van der Waals surface area contributed by atoms with Crippen LogP contribution in [0.25, 0.3) is 22.1 Å². The average Bonchev–Trinajstić information content (AvgIpc) is 2.60. The first-order valence-electron chi connectivity index (χ1n) is 7.78. The van der Waals surface area contributed by atoms with Gasteiger partial charge in [-0.05, 0) is 17.7 Å². The summed E-state index contributed by atoms with van der Waals surface area (Å²) in [6.07, 6.45) is 0.0747. The fourth-order valence-electron chi connectivity index (χ4n) is 2.74. The van der Waals surface area contributed by atoms with Crippen LogP contribution in [-0.2, 0) is 16.0 Å². The average molecular weight is 356 g/mol. The van der Waals surface area contributed by atoms with Crippen LogP contribution in [0.3, 0.4) is 0 Å². The molecule has 1 aromatic heterocycles. The molecule has 0 aliphatic carbocycles. The smallest absolute Gasteiger partial charge is 0.305 e. The molecule has 0 amide bonds. The summed E-state index contributed by atoms with van der Waals surface area (Å²) in [5, 5.41) is 29.1. The topological polar surface area (TPSA) is 117 Å². The predicted molar refractivity (Wildman–Crippen MR) is 93.3 cm³/mol. The molecule has 7 nitrogen and oxygen atoms in total. The van der Waals surface area contributed by atoms with E-state index in [1.54, 1.807) is 0 Å². The summed E-state index contributed by atoms with van der Waals surface area (Å²) in [5.41, 5.74) is 0.136. The number of esters is 1. The molecule has 0 saturated carbocycles. The number of rotatable bonds is 4. The first kappa shape index (κ1) is 17.3. The van der Waals surface area contributed by atoms with Crippen LogP contribution in [0.1, 0.15) is 12.2 Å². The van der Waals surface area contributed by atoms with E-state index < -0.39 is 17.1 Å². The van der Waals surface area contributed by atoms with E-state index in [-0.39, 0.29) is 46.6 Å². The van der Waals surface area contributed by atoms with E-state index in [9.17, 15) is 24.9 Å². The standard InChI is InChI=1S/C19H16O7/c1-25-16(23)7-6-14-17(10-2-4-11(20)5-3-10)19(24)18-13(22)8-12(21)9-15(18)26-14/h2-5,8-9,20-22H,6-7H2,1H3. The van der Waals surface area contributed by atoms with E-state index in [1.807, 2.05) is 0 Å². The van der Waals surface area contributed by atoms with Crippen LogP contribution < -0.4 is 5.43 Å². The Morgan fingerprint density at radius 1 is 1.08 bits per heavy atom. The first-order chi connectivity index (χ1) is 12.4. The molecule has 7 heteroatoms. The number of phenols is 3. The van der Waals surface area contributed by atoms with Gasteiger partial charge in [0.2, 0.25) is 5.43 Å². The van der Waals surface area contributed by atoms with E-state index >= 15 is 0 Å². The second-order valence-electron chi connectivity index (χ2n) is 5.69. The molecule has 1 heterocycles. The lowest BCUT2D eigenvalue weighted by Gasteiger charge is -2.11. The molecule has 0 saturated heterocycles. The third-order valence-electron chi connectivity index (χ3n) is 3.97. The van der Waals surface area contributed by atoms with Crippen molar-refractivity contribution in [3.05, 3.63) is 52.4 Å². The monoisotopic (exact) mass is 356 g/mol. The van der Waals surface area contributed by atoms with Crippen LogP contribution in [0.2, 0.25) is 0 Å². The lowest BCUT2D eigenvalue weighted by Crippen LogP contribution is -2.11. The van der Waals surface area contributed by atoms with Crippen molar-refractivity contribution >= 4 is 16.9 Å². The summed E-state index contributed by atoms with van der Waals surface area (Å²) >= 11 is 0. The van der Waals surface area contributed by atoms with E-state index in [0.717, 1.165) is 6.07 Å². The third kappa shape index (κ3) is 3.19. The van der Waals surface area contributed by atoms with E-state index in [0.29, 0.717) is 5.56 Å². The second kappa shape index (κ2) is 6.79. The second-order valence-corrected chi connectivity index (χ2v) is 5.69. The predicted octanol–water partition coefficient (Wildman–Crippen LogP) is 2.68. The van der Waals surface area contributed by atoms with Gasteiger partial charge in [-0.15, -0.1) is 0 Å². The Morgan fingerprint density at radius 2 is 1.77 bits per heavy atom. The zero-order valence-electron chi connectivity index (χ0n) is 13.9. The van der Waals surface area contributed by atoms with Gasteiger partial charge in [0.1, 0.15) is 34.0 Å². The van der Waals surface area contributed by atoms with Crippen molar-refractivity contribution in [3.63, 3.8) is 0 Å². The Labute approximate surface area is 147 Å². The molecular weight excluding hydrogens is 340 g/mol. The molecule has 0 atom stereocenters. The van der Waals surface area contributed by atoms with E-state index in [4.69, 9.17) is 4.42 Å². The molecular formula is C19H16O7. The van der Waals surface area contributed by atoms with Crippen LogP contribution >= 0.6 is 0 Å². The minimum atomic E-state index is -0.505. The van der Waals surface area contributed by atoms with Gasteiger partial charge in [0.05, 0.1) is 19.1 Å². The number of benzene rings is 2. The molecule has 0 bridgehead atoms. The number of aryl methyl sites for hydroxylation is 1. The van der Waals surface area contributed by atoms with Gasteiger partial charge in [-0.25, -0.2) is 0 Å². The third-order valence-corrected chi connectivity index (χ3v) is 3.97. The summed E-state index contributed by atoms with van der Waals surface area (Å²) in [4.78, 5) is 24.5. The van der Waals surface area contributed by atoms with Crippen molar-refractivity contribution in [1.82, 2.24) is 0 Å². The molecule has 2 aromatic carbocycles. The Morgan fingerprint density at radius 3 is 2.42 bits per heavy atom. The molecule has 3 rings (SSSR count). The molecule has 0 fully saturated rings. The number of ether oxygens (including phenoxy) is 1. The number of phenolic OH excluding ortho intramolecular Hbond substituents is 3. The fourth-order valence-corrected chi connectivity index (χ4v) is 2.74. The number of fused-ring (bicyclic) bond motifs is 1. The summed E-state index contributed by atoms with van der Waals surface area (Å²) in [6, 6.07) is 8.17. The van der Waals surface area contributed by atoms with Crippen molar-refractivity contribution in [2.24, 2.45) is 0 Å². The van der Waals surface area contributed by atoms with Crippen molar-refractivity contribution in [1.29, 1.82) is 0 Å². The van der Waals surface area contributed by atoms with Gasteiger partial charge in [0.15, 0.2) is 0 Å². The van der Waals surface area contributed by atoms with Crippen LogP contribution in [0.5, 0.6) is 17.2 Å². The highest BCUT2D eigenvalue weighted by atomic mass is 16.5. The molecule has 0 aliphatic rings. The van der Waals surface area contributed by atoms with Crippen LogP contribution in [0, 0.1) is 0 Å². The highest BCUT2D eigenvalue weighted by Crippen LogP contribution is 2.32. The van der Waals surface area contributed by atoms with Crippen molar-refractivity contribution in [3.8, 4) is 28.4 Å². The van der Waals surface area contributed by atoms with Gasteiger partial charge in [0.25, 0.3) is 0 Å². The molecule has 26 heavy (non-hydrogen) atoms. The SMILES string of the molecule is COC(=O)CCc1oc2cc(O)cc(O)c2c(=O)c1-c1ccc(O)cc1. The zero-order valence-corrected chi connectivity index (χ0v) is 13.9. The lowest BCUT2D eigenvalue weighted by atomic mass is 9.99. The number of hydrogen-bond donors (Lipinski definition) is 3. The van der Waals surface area contributed by atoms with Gasteiger partial charge < -0.3 is 24.5 Å². The molecule has 3 aromatic rings.